The van der Waals surface area contributed by atoms with E-state index >= 15 is 0 Å². The number of aliphatic hydroxyl groups is 1. The largest absolute Gasteiger partial charge is 0.396 e. The van der Waals surface area contributed by atoms with Crippen molar-refractivity contribution < 1.29 is 5.11 Å². The SMILES string of the molecule is CC(C)c1nn(C)cc1CNC1CCCCC1CO. The van der Waals surface area contributed by atoms with Gasteiger partial charge in [0.05, 0.1) is 5.69 Å². The molecule has 0 bridgehead atoms. The van der Waals surface area contributed by atoms with E-state index in [4.69, 9.17) is 0 Å². The highest BCUT2D eigenvalue weighted by molar-refractivity contribution is 5.20. The Bertz CT molecular complexity index is 400. The first-order chi connectivity index (χ1) is 9.11. The molecule has 1 heterocycles. The Hall–Kier alpha value is -0.870. The van der Waals surface area contributed by atoms with Gasteiger partial charge in [-0.15, -0.1) is 0 Å². The molecule has 2 unspecified atom stereocenters. The van der Waals surface area contributed by atoms with E-state index in [1.807, 2.05) is 11.7 Å². The fourth-order valence-corrected chi connectivity index (χ4v) is 3.11. The number of rotatable bonds is 5. The summed E-state index contributed by atoms with van der Waals surface area (Å²) < 4.78 is 1.90. The van der Waals surface area contributed by atoms with Gasteiger partial charge < -0.3 is 10.4 Å². The predicted molar refractivity (Wildman–Crippen MR) is 77.0 cm³/mol. The zero-order valence-electron chi connectivity index (χ0n) is 12.4. The van der Waals surface area contributed by atoms with Crippen LogP contribution in [0.4, 0.5) is 0 Å². The van der Waals surface area contributed by atoms with Gasteiger partial charge in [-0.05, 0) is 24.7 Å². The van der Waals surface area contributed by atoms with Crippen LogP contribution in [0, 0.1) is 5.92 Å². The van der Waals surface area contributed by atoms with Crippen molar-refractivity contribution >= 4 is 0 Å². The molecular formula is C15H27N3O. The molecule has 1 aliphatic rings. The maximum Gasteiger partial charge on any atom is 0.0694 e. The van der Waals surface area contributed by atoms with Crippen LogP contribution >= 0.6 is 0 Å². The lowest BCUT2D eigenvalue weighted by Gasteiger charge is -2.31. The highest BCUT2D eigenvalue weighted by Crippen LogP contribution is 2.25. The quantitative estimate of drug-likeness (QED) is 0.858. The maximum absolute atomic E-state index is 9.45. The molecule has 4 heteroatoms. The van der Waals surface area contributed by atoms with Gasteiger partial charge in [-0.3, -0.25) is 4.68 Å². The van der Waals surface area contributed by atoms with Crippen molar-refractivity contribution in [2.45, 2.75) is 58.0 Å². The summed E-state index contributed by atoms with van der Waals surface area (Å²) in [6.45, 7) is 5.54. The number of nitrogens with one attached hydrogen (secondary N) is 1. The molecule has 4 nitrogen and oxygen atoms in total. The van der Waals surface area contributed by atoms with Crippen LogP contribution in [-0.4, -0.2) is 27.5 Å². The first-order valence-corrected chi connectivity index (χ1v) is 7.48. The smallest absolute Gasteiger partial charge is 0.0694 e. The Labute approximate surface area is 116 Å². The van der Waals surface area contributed by atoms with Gasteiger partial charge in [-0.25, -0.2) is 0 Å². The normalized spacial score (nSPS) is 24.1. The number of hydrogen-bond donors (Lipinski definition) is 2. The molecule has 1 aromatic heterocycles. The molecule has 0 saturated heterocycles. The molecule has 0 aliphatic heterocycles. The van der Waals surface area contributed by atoms with Crippen LogP contribution < -0.4 is 5.32 Å². The van der Waals surface area contributed by atoms with E-state index in [9.17, 15) is 5.11 Å². The number of aromatic nitrogens is 2. The summed E-state index contributed by atoms with van der Waals surface area (Å²) in [5.74, 6) is 0.880. The van der Waals surface area contributed by atoms with Crippen LogP contribution in [0.2, 0.25) is 0 Å². The molecule has 1 aromatic rings. The predicted octanol–water partition coefficient (Wildman–Crippen LogP) is 2.18. The molecule has 19 heavy (non-hydrogen) atoms. The summed E-state index contributed by atoms with van der Waals surface area (Å²) in [4.78, 5) is 0. The maximum atomic E-state index is 9.45. The van der Waals surface area contributed by atoms with Crippen LogP contribution in [0.3, 0.4) is 0 Å². The summed E-state index contributed by atoms with van der Waals surface area (Å²) in [5, 5.41) is 17.6. The van der Waals surface area contributed by atoms with Gasteiger partial charge in [0.2, 0.25) is 0 Å². The third-order valence-corrected chi connectivity index (χ3v) is 4.18. The Morgan fingerprint density at radius 1 is 1.42 bits per heavy atom. The van der Waals surface area contributed by atoms with E-state index in [0.29, 0.717) is 24.5 Å². The Kier molecular flexibility index (Phi) is 4.99. The first kappa shape index (κ1) is 14.5. The fraction of sp³-hybridized carbons (Fsp3) is 0.800. The third kappa shape index (κ3) is 3.57. The highest BCUT2D eigenvalue weighted by atomic mass is 16.3. The summed E-state index contributed by atoms with van der Waals surface area (Å²) in [7, 11) is 1.98. The number of hydrogen-bond acceptors (Lipinski definition) is 3. The van der Waals surface area contributed by atoms with E-state index in [2.05, 4.69) is 30.5 Å². The monoisotopic (exact) mass is 265 g/mol. The standard InChI is InChI=1S/C15H27N3O/c1-11(2)15-13(9-18(3)17-15)8-16-14-7-5-4-6-12(14)10-19/h9,11-12,14,16,19H,4-8,10H2,1-3H3. The Balaban J connectivity index is 1.97. The molecular weight excluding hydrogens is 238 g/mol. The van der Waals surface area contributed by atoms with Gasteiger partial charge in [-0.1, -0.05) is 26.7 Å². The van der Waals surface area contributed by atoms with Crippen molar-refractivity contribution in [2.75, 3.05) is 6.61 Å². The van der Waals surface area contributed by atoms with Crippen molar-refractivity contribution in [1.82, 2.24) is 15.1 Å². The molecule has 108 valence electrons. The molecule has 1 saturated carbocycles. The summed E-state index contributed by atoms with van der Waals surface area (Å²) >= 11 is 0. The lowest BCUT2D eigenvalue weighted by molar-refractivity contribution is 0.152. The zero-order valence-corrected chi connectivity index (χ0v) is 12.4. The minimum atomic E-state index is 0.307. The third-order valence-electron chi connectivity index (χ3n) is 4.18. The molecule has 2 atom stereocenters. The van der Waals surface area contributed by atoms with E-state index in [0.717, 1.165) is 13.0 Å². The van der Waals surface area contributed by atoms with E-state index in [1.165, 1.54) is 30.5 Å². The van der Waals surface area contributed by atoms with Crippen molar-refractivity contribution in [3.8, 4) is 0 Å². The highest BCUT2D eigenvalue weighted by Gasteiger charge is 2.24. The summed E-state index contributed by atoms with van der Waals surface area (Å²) in [5.41, 5.74) is 2.48. The topological polar surface area (TPSA) is 50.1 Å². The van der Waals surface area contributed by atoms with Crippen molar-refractivity contribution in [3.05, 3.63) is 17.5 Å². The van der Waals surface area contributed by atoms with E-state index in [1.54, 1.807) is 0 Å². The number of aliphatic hydroxyl groups excluding tert-OH is 1. The van der Waals surface area contributed by atoms with Crippen LogP contribution in [-0.2, 0) is 13.6 Å². The molecule has 2 N–H and O–H groups in total. The van der Waals surface area contributed by atoms with Crippen molar-refractivity contribution in [1.29, 1.82) is 0 Å². The zero-order chi connectivity index (χ0) is 13.8. The Morgan fingerprint density at radius 2 is 2.16 bits per heavy atom. The van der Waals surface area contributed by atoms with Crippen molar-refractivity contribution in [3.63, 3.8) is 0 Å². The van der Waals surface area contributed by atoms with Crippen molar-refractivity contribution in [2.24, 2.45) is 13.0 Å². The molecule has 1 fully saturated rings. The van der Waals surface area contributed by atoms with E-state index in [-0.39, 0.29) is 0 Å². The fourth-order valence-electron chi connectivity index (χ4n) is 3.11. The van der Waals surface area contributed by atoms with Gasteiger partial charge in [0, 0.05) is 38.0 Å². The molecule has 1 aliphatic carbocycles. The lowest BCUT2D eigenvalue weighted by atomic mass is 9.85. The number of nitrogens with zero attached hydrogens (tertiary/aromatic N) is 2. The molecule has 0 aromatic carbocycles. The van der Waals surface area contributed by atoms with Crippen LogP contribution in [0.1, 0.15) is 56.7 Å². The summed E-state index contributed by atoms with van der Waals surface area (Å²) in [6, 6.07) is 0.457. The van der Waals surface area contributed by atoms with Gasteiger partial charge in [-0.2, -0.15) is 5.10 Å². The second kappa shape index (κ2) is 6.53. The minimum Gasteiger partial charge on any atom is -0.396 e. The molecule has 2 rings (SSSR count). The first-order valence-electron chi connectivity index (χ1n) is 7.48. The second-order valence-corrected chi connectivity index (χ2v) is 6.08. The Morgan fingerprint density at radius 3 is 2.84 bits per heavy atom. The van der Waals surface area contributed by atoms with Crippen LogP contribution in [0.25, 0.3) is 0 Å². The van der Waals surface area contributed by atoms with Gasteiger partial charge in [0.15, 0.2) is 0 Å². The number of aryl methyl sites for hydroxylation is 1. The van der Waals surface area contributed by atoms with Crippen LogP contribution in [0.5, 0.6) is 0 Å². The average molecular weight is 265 g/mol. The van der Waals surface area contributed by atoms with Gasteiger partial charge in [0.1, 0.15) is 0 Å². The van der Waals surface area contributed by atoms with Gasteiger partial charge in [0.25, 0.3) is 0 Å². The van der Waals surface area contributed by atoms with E-state index < -0.39 is 0 Å². The van der Waals surface area contributed by atoms with Crippen LogP contribution in [0.15, 0.2) is 6.20 Å². The molecule has 0 radical (unpaired) electrons. The summed E-state index contributed by atoms with van der Waals surface area (Å²) in [6.07, 6.45) is 6.98. The molecule has 0 spiro atoms. The molecule has 0 amide bonds. The minimum absolute atomic E-state index is 0.307. The lowest BCUT2D eigenvalue weighted by Crippen LogP contribution is -2.39. The van der Waals surface area contributed by atoms with Gasteiger partial charge >= 0.3 is 0 Å². The average Bonchev–Trinajstić information content (AvgIpc) is 2.78. The second-order valence-electron chi connectivity index (χ2n) is 6.08.